The van der Waals surface area contributed by atoms with Gasteiger partial charge in [0.2, 0.25) is 0 Å². The van der Waals surface area contributed by atoms with Crippen LogP contribution in [-0.2, 0) is 0 Å². The molecule has 0 bridgehead atoms. The maximum atomic E-state index is 10.6. The summed E-state index contributed by atoms with van der Waals surface area (Å²) in [5.41, 5.74) is 4.23. The van der Waals surface area contributed by atoms with E-state index >= 15 is 0 Å². The normalized spacial score (nSPS) is 19.1. The van der Waals surface area contributed by atoms with Gasteiger partial charge in [0, 0.05) is 48.2 Å². The van der Waals surface area contributed by atoms with Crippen LogP contribution in [0.2, 0.25) is 0 Å². The Morgan fingerprint density at radius 3 is 2.50 bits per heavy atom. The molecule has 154 valence electrons. The number of phenolic OH excluding ortho intramolecular Hbond substituents is 1. The van der Waals surface area contributed by atoms with Gasteiger partial charge in [-0.25, -0.2) is 0 Å². The molecule has 1 aliphatic carbocycles. The number of aromatic hydroxyl groups is 1. The summed E-state index contributed by atoms with van der Waals surface area (Å²) in [5, 5.41) is 23.2. The minimum absolute atomic E-state index is 0.195. The van der Waals surface area contributed by atoms with Crippen molar-refractivity contribution in [3.05, 3.63) is 54.4 Å². The van der Waals surface area contributed by atoms with Crippen LogP contribution in [0.1, 0.15) is 31.4 Å². The van der Waals surface area contributed by atoms with Gasteiger partial charge in [0.05, 0.1) is 5.69 Å². The SMILES string of the molecule is Cc1ccc(-c2ccc(-c3ccc(N4CC[C@H](NC5CCC5)C4)nn3)c(O)c2)cn1. The second-order valence-corrected chi connectivity index (χ2v) is 8.42. The number of nitrogens with one attached hydrogen (secondary N) is 1. The molecule has 6 nitrogen and oxygen atoms in total. The lowest BCUT2D eigenvalue weighted by Gasteiger charge is -2.29. The van der Waals surface area contributed by atoms with Crippen molar-refractivity contribution in [1.29, 1.82) is 0 Å². The molecule has 2 fully saturated rings. The van der Waals surface area contributed by atoms with Crippen LogP contribution in [0.4, 0.5) is 5.82 Å². The van der Waals surface area contributed by atoms with Crippen LogP contribution in [0.15, 0.2) is 48.7 Å². The summed E-state index contributed by atoms with van der Waals surface area (Å²) in [7, 11) is 0. The van der Waals surface area contributed by atoms with Crippen LogP contribution in [0, 0.1) is 6.92 Å². The predicted octanol–water partition coefficient (Wildman–Crippen LogP) is 3.94. The number of rotatable bonds is 5. The van der Waals surface area contributed by atoms with Gasteiger partial charge in [0.1, 0.15) is 5.75 Å². The fraction of sp³-hybridized carbons (Fsp3) is 0.375. The molecule has 1 saturated carbocycles. The topological polar surface area (TPSA) is 74.2 Å². The molecule has 2 aromatic heterocycles. The van der Waals surface area contributed by atoms with Crippen LogP contribution in [0.3, 0.4) is 0 Å². The predicted molar refractivity (Wildman–Crippen MR) is 118 cm³/mol. The average Bonchev–Trinajstić information content (AvgIpc) is 3.20. The zero-order valence-electron chi connectivity index (χ0n) is 17.3. The Balaban J connectivity index is 1.29. The third kappa shape index (κ3) is 3.87. The zero-order chi connectivity index (χ0) is 20.5. The summed E-state index contributed by atoms with van der Waals surface area (Å²) in [6.07, 6.45) is 6.95. The molecule has 1 atom stereocenters. The second kappa shape index (κ2) is 8.03. The summed E-state index contributed by atoms with van der Waals surface area (Å²) >= 11 is 0. The smallest absolute Gasteiger partial charge is 0.151 e. The van der Waals surface area contributed by atoms with Gasteiger partial charge in [-0.15, -0.1) is 10.2 Å². The highest BCUT2D eigenvalue weighted by Crippen LogP contribution is 2.33. The standard InChI is InChI=1S/C24H27N5O/c1-16-5-6-18(14-25-16)17-7-8-21(23(30)13-17)22-9-10-24(28-27-22)29-12-11-20(15-29)26-19-3-2-4-19/h5-10,13-14,19-20,26,30H,2-4,11-12,15H2,1H3/t20-/m0/s1. The Hall–Kier alpha value is -2.99. The van der Waals surface area contributed by atoms with Crippen LogP contribution in [0.25, 0.3) is 22.4 Å². The summed E-state index contributed by atoms with van der Waals surface area (Å²) in [5.74, 6) is 1.10. The monoisotopic (exact) mass is 401 g/mol. The minimum atomic E-state index is 0.195. The molecule has 1 aromatic carbocycles. The van der Waals surface area contributed by atoms with Gasteiger partial charge in [-0.05, 0) is 62.1 Å². The first kappa shape index (κ1) is 19.0. The van der Waals surface area contributed by atoms with E-state index in [2.05, 4.69) is 25.4 Å². The maximum Gasteiger partial charge on any atom is 0.151 e. The summed E-state index contributed by atoms with van der Waals surface area (Å²) in [6.45, 7) is 3.94. The third-order valence-corrected chi connectivity index (χ3v) is 6.26. The van der Waals surface area contributed by atoms with Gasteiger partial charge in [-0.1, -0.05) is 18.6 Å². The first-order valence-corrected chi connectivity index (χ1v) is 10.8. The highest BCUT2D eigenvalue weighted by Gasteiger charge is 2.27. The fourth-order valence-electron chi connectivity index (χ4n) is 4.22. The zero-order valence-corrected chi connectivity index (χ0v) is 17.3. The average molecular weight is 402 g/mol. The largest absolute Gasteiger partial charge is 0.507 e. The number of aromatic nitrogens is 3. The number of hydrogen-bond donors (Lipinski definition) is 2. The van der Waals surface area contributed by atoms with Crippen molar-refractivity contribution >= 4 is 5.82 Å². The van der Waals surface area contributed by atoms with Crippen LogP contribution in [0.5, 0.6) is 5.75 Å². The molecule has 6 heteroatoms. The summed E-state index contributed by atoms with van der Waals surface area (Å²) in [6, 6.07) is 14.8. The number of pyridine rings is 1. The van der Waals surface area contributed by atoms with Crippen molar-refractivity contribution in [3.8, 4) is 28.1 Å². The Morgan fingerprint density at radius 1 is 0.967 bits per heavy atom. The van der Waals surface area contributed by atoms with Crippen LogP contribution < -0.4 is 10.2 Å². The third-order valence-electron chi connectivity index (χ3n) is 6.26. The molecule has 2 N–H and O–H groups in total. The fourth-order valence-corrected chi connectivity index (χ4v) is 4.22. The van der Waals surface area contributed by atoms with Crippen molar-refractivity contribution < 1.29 is 5.11 Å². The van der Waals surface area contributed by atoms with Gasteiger partial charge in [0.25, 0.3) is 0 Å². The number of benzene rings is 1. The first-order chi connectivity index (χ1) is 14.7. The van der Waals surface area contributed by atoms with E-state index in [-0.39, 0.29) is 5.75 Å². The molecule has 1 aliphatic heterocycles. The Kier molecular flexibility index (Phi) is 5.09. The van der Waals surface area contributed by atoms with E-state index in [0.717, 1.165) is 42.1 Å². The van der Waals surface area contributed by atoms with E-state index in [1.165, 1.54) is 19.3 Å². The molecule has 1 saturated heterocycles. The lowest BCUT2D eigenvalue weighted by Crippen LogP contribution is -2.43. The molecular weight excluding hydrogens is 374 g/mol. The number of aryl methyl sites for hydroxylation is 1. The van der Waals surface area contributed by atoms with Crippen molar-refractivity contribution in [1.82, 2.24) is 20.5 Å². The lowest BCUT2D eigenvalue weighted by molar-refractivity contribution is 0.311. The summed E-state index contributed by atoms with van der Waals surface area (Å²) in [4.78, 5) is 6.62. The highest BCUT2D eigenvalue weighted by atomic mass is 16.3. The molecule has 2 aliphatic rings. The van der Waals surface area contributed by atoms with Crippen molar-refractivity contribution in [2.75, 3.05) is 18.0 Å². The Morgan fingerprint density at radius 2 is 1.83 bits per heavy atom. The van der Waals surface area contributed by atoms with Crippen LogP contribution in [-0.4, -0.2) is 45.5 Å². The van der Waals surface area contributed by atoms with Crippen molar-refractivity contribution in [2.45, 2.75) is 44.7 Å². The maximum absolute atomic E-state index is 10.6. The molecule has 0 spiro atoms. The van der Waals surface area contributed by atoms with E-state index < -0.39 is 0 Å². The summed E-state index contributed by atoms with van der Waals surface area (Å²) < 4.78 is 0. The van der Waals surface area contributed by atoms with E-state index in [0.29, 0.717) is 23.3 Å². The highest BCUT2D eigenvalue weighted by molar-refractivity contribution is 5.74. The lowest BCUT2D eigenvalue weighted by atomic mass is 9.92. The van der Waals surface area contributed by atoms with Gasteiger partial charge in [-0.3, -0.25) is 4.98 Å². The van der Waals surface area contributed by atoms with Gasteiger partial charge < -0.3 is 15.3 Å². The Labute approximate surface area is 177 Å². The minimum Gasteiger partial charge on any atom is -0.507 e. The van der Waals surface area contributed by atoms with Gasteiger partial charge >= 0.3 is 0 Å². The molecule has 30 heavy (non-hydrogen) atoms. The molecule has 0 amide bonds. The molecule has 5 rings (SSSR count). The molecule has 0 radical (unpaired) electrons. The number of nitrogens with zero attached hydrogens (tertiary/aromatic N) is 4. The molecular formula is C24H27N5O. The number of phenols is 1. The molecule has 3 heterocycles. The second-order valence-electron chi connectivity index (χ2n) is 8.42. The van der Waals surface area contributed by atoms with Crippen LogP contribution >= 0.6 is 0 Å². The van der Waals surface area contributed by atoms with E-state index in [4.69, 9.17) is 0 Å². The quantitative estimate of drug-likeness (QED) is 0.675. The van der Waals surface area contributed by atoms with E-state index in [1.807, 2.05) is 49.5 Å². The van der Waals surface area contributed by atoms with E-state index in [1.54, 1.807) is 6.07 Å². The van der Waals surface area contributed by atoms with Gasteiger partial charge in [-0.2, -0.15) is 0 Å². The van der Waals surface area contributed by atoms with Crippen molar-refractivity contribution in [3.63, 3.8) is 0 Å². The number of hydrogen-bond acceptors (Lipinski definition) is 6. The molecule has 3 aromatic rings. The first-order valence-electron chi connectivity index (χ1n) is 10.8. The van der Waals surface area contributed by atoms with E-state index in [9.17, 15) is 5.11 Å². The Bertz CT molecular complexity index is 1010. The van der Waals surface area contributed by atoms with Crippen molar-refractivity contribution in [2.24, 2.45) is 0 Å². The number of anilines is 1. The molecule has 0 unspecified atom stereocenters. The van der Waals surface area contributed by atoms with Gasteiger partial charge in [0.15, 0.2) is 5.82 Å².